The van der Waals surface area contributed by atoms with Crippen molar-refractivity contribution in [1.82, 2.24) is 10.2 Å². The first-order valence-electron chi connectivity index (χ1n) is 11.0. The average Bonchev–Trinajstić information content (AvgIpc) is 3.56. The number of rotatable bonds is 6. The van der Waals surface area contributed by atoms with Crippen molar-refractivity contribution >= 4 is 46.1 Å². The molecule has 0 unspecified atom stereocenters. The SMILES string of the molecule is CS(=O)(=O)c1cccc(C(=O)N2CC[C@@H](F)C2)c1.I.O=CN[C@@H](c1ccc(C(F)(F)F)cc1)C1CC1.[HH]. The van der Waals surface area contributed by atoms with Gasteiger partial charge in [-0.1, -0.05) is 18.2 Å². The van der Waals surface area contributed by atoms with Crippen LogP contribution in [0.15, 0.2) is 53.4 Å². The van der Waals surface area contributed by atoms with E-state index in [1.807, 2.05) is 0 Å². The molecule has 36 heavy (non-hydrogen) atoms. The highest BCUT2D eigenvalue weighted by atomic mass is 127. The lowest BCUT2D eigenvalue weighted by molar-refractivity contribution is -0.137. The van der Waals surface area contributed by atoms with Gasteiger partial charge in [-0.05, 0) is 61.1 Å². The van der Waals surface area contributed by atoms with Gasteiger partial charge in [-0.25, -0.2) is 12.8 Å². The molecule has 0 aromatic heterocycles. The van der Waals surface area contributed by atoms with Gasteiger partial charge in [-0.15, -0.1) is 24.0 Å². The molecule has 1 aliphatic heterocycles. The first-order chi connectivity index (χ1) is 16.4. The summed E-state index contributed by atoms with van der Waals surface area (Å²) in [5.74, 6) is 0.0394. The maximum absolute atomic E-state index is 13.0. The minimum absolute atomic E-state index is 0. The molecule has 2 amide bonds. The normalized spacial score (nSPS) is 18.4. The highest BCUT2D eigenvalue weighted by molar-refractivity contribution is 14.0. The molecule has 2 fully saturated rings. The van der Waals surface area contributed by atoms with E-state index in [1.54, 1.807) is 6.07 Å². The third-order valence-corrected chi connectivity index (χ3v) is 6.98. The van der Waals surface area contributed by atoms with Gasteiger partial charge >= 0.3 is 6.18 Å². The van der Waals surface area contributed by atoms with Gasteiger partial charge < -0.3 is 10.2 Å². The smallest absolute Gasteiger partial charge is 0.352 e. The van der Waals surface area contributed by atoms with Crippen LogP contribution in [0.1, 0.15) is 48.2 Å². The third kappa shape index (κ3) is 8.15. The molecule has 2 aromatic rings. The number of nitrogens with zero attached hydrogens (tertiary/aromatic N) is 1. The van der Waals surface area contributed by atoms with Crippen molar-refractivity contribution in [3.63, 3.8) is 0 Å². The Morgan fingerprint density at radius 3 is 2.25 bits per heavy atom. The van der Waals surface area contributed by atoms with Crippen LogP contribution in [0.4, 0.5) is 17.6 Å². The summed E-state index contributed by atoms with van der Waals surface area (Å²) in [5.41, 5.74) is 0.349. The monoisotopic (exact) mass is 644 g/mol. The Bertz CT molecular complexity index is 1160. The number of likely N-dealkylation sites (tertiary alicyclic amines) is 1. The summed E-state index contributed by atoms with van der Waals surface area (Å²) in [6.07, 6.45) is -1.25. The first kappa shape index (κ1) is 30.0. The number of hydrogen-bond donors (Lipinski definition) is 1. The van der Waals surface area contributed by atoms with Crippen LogP contribution in [-0.2, 0) is 20.8 Å². The third-order valence-electron chi connectivity index (χ3n) is 5.87. The molecular formula is C24H29F4IN2O4S. The zero-order valence-electron chi connectivity index (χ0n) is 19.4. The van der Waals surface area contributed by atoms with Crippen LogP contribution in [0.5, 0.6) is 0 Å². The molecule has 0 spiro atoms. The summed E-state index contributed by atoms with van der Waals surface area (Å²) in [6.45, 7) is 0.463. The van der Waals surface area contributed by atoms with Crippen LogP contribution in [0.2, 0.25) is 0 Å². The topological polar surface area (TPSA) is 83.6 Å². The second-order valence-corrected chi connectivity index (χ2v) is 10.7. The Hall–Kier alpha value is -2.22. The zero-order chi connectivity index (χ0) is 25.8. The van der Waals surface area contributed by atoms with Gasteiger partial charge in [0.05, 0.1) is 23.0 Å². The predicted molar refractivity (Wildman–Crippen MR) is 139 cm³/mol. The molecule has 12 heteroatoms. The fourth-order valence-corrected chi connectivity index (χ4v) is 4.50. The lowest BCUT2D eigenvalue weighted by Gasteiger charge is -2.16. The highest BCUT2D eigenvalue weighted by Crippen LogP contribution is 2.41. The summed E-state index contributed by atoms with van der Waals surface area (Å²) in [6, 6.07) is 10.7. The number of sulfone groups is 1. The molecule has 1 heterocycles. The zero-order valence-corrected chi connectivity index (χ0v) is 22.5. The average molecular weight is 644 g/mol. The fourth-order valence-electron chi connectivity index (χ4n) is 3.83. The van der Waals surface area contributed by atoms with E-state index in [-0.39, 0.29) is 54.4 Å². The van der Waals surface area contributed by atoms with E-state index in [1.165, 1.54) is 35.2 Å². The van der Waals surface area contributed by atoms with E-state index >= 15 is 0 Å². The second kappa shape index (κ2) is 12.3. The molecule has 4 rings (SSSR count). The van der Waals surface area contributed by atoms with E-state index in [9.17, 15) is 35.6 Å². The Labute approximate surface area is 225 Å². The number of carbonyl (C=O) groups excluding carboxylic acids is 2. The Morgan fingerprint density at radius 2 is 1.78 bits per heavy atom. The van der Waals surface area contributed by atoms with Crippen molar-refractivity contribution in [3.05, 3.63) is 65.2 Å². The summed E-state index contributed by atoms with van der Waals surface area (Å²) in [5, 5.41) is 2.66. The molecule has 1 saturated heterocycles. The van der Waals surface area contributed by atoms with E-state index in [0.29, 0.717) is 25.3 Å². The lowest BCUT2D eigenvalue weighted by Crippen LogP contribution is -2.29. The van der Waals surface area contributed by atoms with Crippen LogP contribution in [0, 0.1) is 5.92 Å². The maximum Gasteiger partial charge on any atom is 0.416 e. The molecule has 6 nitrogen and oxygen atoms in total. The Morgan fingerprint density at radius 1 is 1.14 bits per heavy atom. The molecule has 2 atom stereocenters. The van der Waals surface area contributed by atoms with Crippen LogP contribution >= 0.6 is 24.0 Å². The summed E-state index contributed by atoms with van der Waals surface area (Å²) in [7, 11) is -3.34. The van der Waals surface area contributed by atoms with Gasteiger partial charge in [0.1, 0.15) is 6.17 Å². The van der Waals surface area contributed by atoms with Crippen molar-refractivity contribution < 1.29 is 37.0 Å². The predicted octanol–water partition coefficient (Wildman–Crippen LogP) is 5.04. The van der Waals surface area contributed by atoms with Crippen molar-refractivity contribution in [2.75, 3.05) is 19.3 Å². The number of halogens is 5. The standard InChI is InChI=1S/C12H12F3NO.C12H14FNO3S.HI.H2/c13-12(14,15)10-5-3-9(4-6-10)11(16-7-17)8-1-2-8;1-18(16,17)11-4-2-3-9(7-11)12(15)14-6-5-10(13)8-14;;/h3-8,11H,1-2H2,(H,16,17);2-4,7,10H,5-6,8H2,1H3;2*1H/t11-;10-;;/m11../s1. The summed E-state index contributed by atoms with van der Waals surface area (Å²) < 4.78 is 72.9. The Kier molecular flexibility index (Phi) is 10.3. The lowest BCUT2D eigenvalue weighted by atomic mass is 10.0. The van der Waals surface area contributed by atoms with Crippen LogP contribution in [-0.4, -0.2) is 51.2 Å². The van der Waals surface area contributed by atoms with Gasteiger partial charge in [-0.3, -0.25) is 9.59 Å². The number of benzene rings is 2. The second-order valence-electron chi connectivity index (χ2n) is 8.66. The van der Waals surface area contributed by atoms with Gasteiger partial charge in [0.25, 0.3) is 5.91 Å². The summed E-state index contributed by atoms with van der Waals surface area (Å²) in [4.78, 5) is 24.0. The number of carbonyl (C=O) groups is 2. The quantitative estimate of drug-likeness (QED) is 0.272. The van der Waals surface area contributed by atoms with Crippen molar-refractivity contribution in [3.8, 4) is 0 Å². The van der Waals surface area contributed by atoms with E-state index in [2.05, 4.69) is 5.32 Å². The molecule has 2 aliphatic rings. The first-order valence-corrected chi connectivity index (χ1v) is 12.9. The number of hydrogen-bond acceptors (Lipinski definition) is 4. The highest BCUT2D eigenvalue weighted by Gasteiger charge is 2.34. The molecule has 1 aliphatic carbocycles. The van der Waals surface area contributed by atoms with E-state index < -0.39 is 27.7 Å². The van der Waals surface area contributed by atoms with Gasteiger partial charge in [0.2, 0.25) is 6.41 Å². The molecule has 0 bridgehead atoms. The fraction of sp³-hybridized carbons (Fsp3) is 0.417. The molecule has 1 N–H and O–H groups in total. The van der Waals surface area contributed by atoms with Crippen LogP contribution in [0.25, 0.3) is 0 Å². The molecule has 2 aromatic carbocycles. The van der Waals surface area contributed by atoms with Gasteiger partial charge in [0, 0.05) is 19.8 Å². The number of alkyl halides is 4. The van der Waals surface area contributed by atoms with E-state index in [4.69, 9.17) is 0 Å². The van der Waals surface area contributed by atoms with Gasteiger partial charge in [0.15, 0.2) is 9.84 Å². The molecular weight excluding hydrogens is 615 g/mol. The van der Waals surface area contributed by atoms with Crippen molar-refractivity contribution in [2.45, 2.75) is 42.5 Å². The van der Waals surface area contributed by atoms with E-state index in [0.717, 1.165) is 36.8 Å². The number of amides is 2. The maximum atomic E-state index is 13.0. The molecule has 0 radical (unpaired) electrons. The summed E-state index contributed by atoms with van der Waals surface area (Å²) >= 11 is 0. The van der Waals surface area contributed by atoms with Crippen molar-refractivity contribution in [1.29, 1.82) is 0 Å². The van der Waals surface area contributed by atoms with Crippen molar-refractivity contribution in [2.24, 2.45) is 5.92 Å². The minimum atomic E-state index is -4.31. The largest absolute Gasteiger partial charge is 0.416 e. The van der Waals surface area contributed by atoms with Crippen LogP contribution in [0.3, 0.4) is 0 Å². The van der Waals surface area contributed by atoms with Crippen LogP contribution < -0.4 is 5.32 Å². The molecule has 200 valence electrons. The molecule has 1 saturated carbocycles. The number of nitrogens with one attached hydrogen (secondary N) is 1. The minimum Gasteiger partial charge on any atom is -0.352 e. The van der Waals surface area contributed by atoms with Gasteiger partial charge in [-0.2, -0.15) is 13.2 Å². The Balaban J connectivity index is 0.000000351.